The highest BCUT2D eigenvalue weighted by Crippen LogP contribution is 2.23. The summed E-state index contributed by atoms with van der Waals surface area (Å²) in [5.41, 5.74) is 2.10. The first-order chi connectivity index (χ1) is 19.4. The lowest BCUT2D eigenvalue weighted by atomic mass is 9.95. The van der Waals surface area contributed by atoms with E-state index in [1.165, 1.54) is 11.6 Å². The Kier molecular flexibility index (Phi) is 11.2. The topological polar surface area (TPSA) is 81.8 Å². The van der Waals surface area contributed by atoms with Crippen LogP contribution in [0.1, 0.15) is 62.5 Å². The summed E-state index contributed by atoms with van der Waals surface area (Å²) in [4.78, 5) is 43.3. The molecule has 7 nitrogen and oxygen atoms in total. The number of rotatable bonds is 10. The van der Waals surface area contributed by atoms with Crippen LogP contribution in [-0.4, -0.2) is 72.3 Å². The molecule has 0 bridgehead atoms. The van der Waals surface area contributed by atoms with E-state index in [9.17, 15) is 14.4 Å². The normalized spacial score (nSPS) is 20.8. The molecule has 2 fully saturated rings. The molecular formula is C32H41ClN4O3. The molecule has 8 heteroatoms. The van der Waals surface area contributed by atoms with Crippen molar-refractivity contribution >= 4 is 35.4 Å². The number of nitrogens with one attached hydrogen (secondary N) is 2. The van der Waals surface area contributed by atoms with Crippen molar-refractivity contribution in [1.82, 2.24) is 20.4 Å². The van der Waals surface area contributed by atoms with Gasteiger partial charge >= 0.3 is 0 Å². The Hall–Kier alpha value is -3.16. The van der Waals surface area contributed by atoms with E-state index in [0.29, 0.717) is 31.1 Å². The van der Waals surface area contributed by atoms with Crippen molar-refractivity contribution in [2.45, 2.75) is 63.5 Å². The highest BCUT2D eigenvalue weighted by Gasteiger charge is 2.34. The third-order valence-corrected chi connectivity index (χ3v) is 8.16. The molecule has 3 atom stereocenters. The predicted octanol–water partition coefficient (Wildman–Crippen LogP) is 4.62. The summed E-state index contributed by atoms with van der Waals surface area (Å²) in [6.07, 6.45) is 8.15. The van der Waals surface area contributed by atoms with Gasteiger partial charge in [0.05, 0.1) is 12.5 Å². The first kappa shape index (κ1) is 29.8. The highest BCUT2D eigenvalue weighted by molar-refractivity contribution is 6.30. The second kappa shape index (κ2) is 15.0. The average Bonchev–Trinajstić information content (AvgIpc) is 3.13. The summed E-state index contributed by atoms with van der Waals surface area (Å²) in [5, 5.41) is 7.05. The van der Waals surface area contributed by atoms with Gasteiger partial charge in [-0.15, -0.1) is 0 Å². The van der Waals surface area contributed by atoms with Gasteiger partial charge < -0.3 is 20.4 Å². The Labute approximate surface area is 242 Å². The van der Waals surface area contributed by atoms with Gasteiger partial charge in [-0.05, 0) is 61.4 Å². The summed E-state index contributed by atoms with van der Waals surface area (Å²) in [6, 6.07) is 16.8. The van der Waals surface area contributed by atoms with Gasteiger partial charge in [0.1, 0.15) is 0 Å². The minimum absolute atomic E-state index is 0.0242. The second-order valence-electron chi connectivity index (χ2n) is 10.8. The highest BCUT2D eigenvalue weighted by atomic mass is 35.5. The molecule has 0 aliphatic carbocycles. The number of nitrogens with zero attached hydrogens (tertiary/aromatic N) is 2. The second-order valence-corrected chi connectivity index (χ2v) is 11.2. The minimum atomic E-state index is -0.614. The number of amides is 3. The van der Waals surface area contributed by atoms with Gasteiger partial charge in [-0.25, -0.2) is 0 Å². The summed E-state index contributed by atoms with van der Waals surface area (Å²) in [5.74, 6) is 0.00508. The maximum atomic E-state index is 13.8. The van der Waals surface area contributed by atoms with Gasteiger partial charge in [-0.1, -0.05) is 61.0 Å². The van der Waals surface area contributed by atoms with Crippen LogP contribution in [0.25, 0.3) is 6.08 Å². The number of benzene rings is 2. The van der Waals surface area contributed by atoms with E-state index in [1.807, 2.05) is 40.1 Å². The smallest absolute Gasteiger partial charge is 0.244 e. The summed E-state index contributed by atoms with van der Waals surface area (Å²) in [6.45, 7) is 5.22. The summed E-state index contributed by atoms with van der Waals surface area (Å²) >= 11 is 5.94. The van der Waals surface area contributed by atoms with E-state index in [0.717, 1.165) is 44.3 Å². The molecule has 2 aliphatic heterocycles. The minimum Gasteiger partial charge on any atom is -0.351 e. The number of piperidine rings is 1. The fourth-order valence-electron chi connectivity index (χ4n) is 5.51. The molecule has 0 aromatic heterocycles. The predicted molar refractivity (Wildman–Crippen MR) is 160 cm³/mol. The molecule has 2 aliphatic rings. The van der Waals surface area contributed by atoms with Crippen LogP contribution in [0.3, 0.4) is 0 Å². The van der Waals surface area contributed by atoms with Gasteiger partial charge in [0.2, 0.25) is 17.7 Å². The fraction of sp³-hybridized carbons (Fsp3) is 0.469. The van der Waals surface area contributed by atoms with Crippen molar-refractivity contribution in [3.05, 3.63) is 76.8 Å². The van der Waals surface area contributed by atoms with Gasteiger partial charge in [0.25, 0.3) is 0 Å². The zero-order valence-corrected chi connectivity index (χ0v) is 24.1. The van der Waals surface area contributed by atoms with Gasteiger partial charge in [0, 0.05) is 55.8 Å². The third-order valence-electron chi connectivity index (χ3n) is 7.91. The maximum Gasteiger partial charge on any atom is 0.244 e. The number of carbonyl (C=O) groups is 3. The van der Waals surface area contributed by atoms with Crippen LogP contribution < -0.4 is 10.6 Å². The fourth-order valence-corrected chi connectivity index (χ4v) is 5.63. The lowest BCUT2D eigenvalue weighted by Crippen LogP contribution is -2.51. The lowest BCUT2D eigenvalue weighted by molar-refractivity contribution is -0.139. The Bertz CT molecular complexity index is 1150. The zero-order chi connectivity index (χ0) is 28.3. The Morgan fingerprint density at radius 1 is 1.05 bits per heavy atom. The molecule has 0 spiro atoms. The average molecular weight is 565 g/mol. The van der Waals surface area contributed by atoms with Crippen LogP contribution in [0.2, 0.25) is 5.02 Å². The van der Waals surface area contributed by atoms with Gasteiger partial charge in [0.15, 0.2) is 0 Å². The Morgan fingerprint density at radius 3 is 2.48 bits per heavy atom. The molecule has 0 radical (unpaired) electrons. The van der Waals surface area contributed by atoms with Crippen LogP contribution in [-0.2, 0) is 14.4 Å². The van der Waals surface area contributed by atoms with E-state index in [2.05, 4.69) is 29.7 Å². The molecule has 40 heavy (non-hydrogen) atoms. The number of hydrogen-bond acceptors (Lipinski definition) is 4. The van der Waals surface area contributed by atoms with Gasteiger partial charge in [-0.3, -0.25) is 14.4 Å². The standard InChI is InChI=1S/C32H41ClN4O3/c1-2-25(26-9-5-3-6-10-26)23-37-20-17-28(22-34-30(38)16-13-24-11-14-27(33)15-12-24)35-29(32(37)40)21-31(39)36-18-7-4-8-19-36/h3,5-6,9-16,25,28-29,35H,2,4,7-8,17-23H2,1H3,(H,34,38)/b16-13+/t25-,28+,29+/m0/s1. The first-order valence-corrected chi connectivity index (χ1v) is 14.9. The molecule has 4 rings (SSSR count). The maximum absolute atomic E-state index is 13.8. The number of likely N-dealkylation sites (tertiary alicyclic amines) is 1. The SMILES string of the molecule is CC[C@@H](CN1CC[C@H](CNC(=O)/C=C/c2ccc(Cl)cc2)N[C@H](CC(=O)N2CCCCC2)C1=O)c1ccccc1. The first-order valence-electron chi connectivity index (χ1n) is 14.5. The van der Waals surface area contributed by atoms with E-state index < -0.39 is 6.04 Å². The largest absolute Gasteiger partial charge is 0.351 e. The van der Waals surface area contributed by atoms with E-state index >= 15 is 0 Å². The summed E-state index contributed by atoms with van der Waals surface area (Å²) < 4.78 is 0. The summed E-state index contributed by atoms with van der Waals surface area (Å²) in [7, 11) is 0. The number of halogens is 1. The van der Waals surface area contributed by atoms with Crippen molar-refractivity contribution in [3.8, 4) is 0 Å². The zero-order valence-electron chi connectivity index (χ0n) is 23.4. The van der Waals surface area contributed by atoms with Crippen LogP contribution in [0.5, 0.6) is 0 Å². The van der Waals surface area contributed by atoms with Crippen LogP contribution in [0.4, 0.5) is 0 Å². The van der Waals surface area contributed by atoms with Crippen molar-refractivity contribution in [3.63, 3.8) is 0 Å². The van der Waals surface area contributed by atoms with E-state index in [4.69, 9.17) is 11.6 Å². The monoisotopic (exact) mass is 564 g/mol. The quantitative estimate of drug-likeness (QED) is 0.412. The van der Waals surface area contributed by atoms with E-state index in [-0.39, 0.29) is 36.1 Å². The van der Waals surface area contributed by atoms with Gasteiger partial charge in [-0.2, -0.15) is 0 Å². The Morgan fingerprint density at radius 2 is 1.77 bits per heavy atom. The molecule has 2 saturated heterocycles. The molecule has 2 heterocycles. The molecule has 2 N–H and O–H groups in total. The Balaban J connectivity index is 1.42. The number of carbonyl (C=O) groups excluding carboxylic acids is 3. The molecule has 3 amide bonds. The number of hydrogen-bond donors (Lipinski definition) is 2. The molecule has 2 aromatic carbocycles. The third kappa shape index (κ3) is 8.67. The van der Waals surface area contributed by atoms with Crippen LogP contribution >= 0.6 is 11.6 Å². The van der Waals surface area contributed by atoms with Crippen molar-refractivity contribution in [2.24, 2.45) is 0 Å². The molecule has 2 aromatic rings. The molecule has 214 valence electrons. The van der Waals surface area contributed by atoms with Crippen LogP contribution in [0.15, 0.2) is 60.7 Å². The molecule has 0 saturated carbocycles. The molecule has 0 unspecified atom stereocenters. The molecular weight excluding hydrogens is 524 g/mol. The van der Waals surface area contributed by atoms with Crippen molar-refractivity contribution in [2.75, 3.05) is 32.7 Å². The van der Waals surface area contributed by atoms with Crippen molar-refractivity contribution < 1.29 is 14.4 Å². The van der Waals surface area contributed by atoms with E-state index in [1.54, 1.807) is 18.2 Å². The van der Waals surface area contributed by atoms with Crippen molar-refractivity contribution in [1.29, 1.82) is 0 Å². The lowest BCUT2D eigenvalue weighted by Gasteiger charge is -2.31. The van der Waals surface area contributed by atoms with Crippen LogP contribution in [0, 0.1) is 0 Å².